The van der Waals surface area contributed by atoms with Crippen LogP contribution in [0.2, 0.25) is 0 Å². The van der Waals surface area contributed by atoms with Gasteiger partial charge in [0.05, 0.1) is 0 Å². The molecule has 4 N–H and O–H groups in total. The zero-order chi connectivity index (χ0) is 21.7. The van der Waals surface area contributed by atoms with Crippen molar-refractivity contribution in [3.05, 3.63) is 70.2 Å². The topological polar surface area (TPSA) is 105 Å². The number of hydrogen-bond acceptors (Lipinski definition) is 6. The van der Waals surface area contributed by atoms with Gasteiger partial charge in [-0.1, -0.05) is 58.4 Å². The van der Waals surface area contributed by atoms with Gasteiger partial charge in [-0.25, -0.2) is 4.79 Å². The summed E-state index contributed by atoms with van der Waals surface area (Å²) >= 11 is 3.37. The molecule has 0 radical (unpaired) electrons. The average molecular weight is 463 g/mol. The van der Waals surface area contributed by atoms with E-state index >= 15 is 0 Å². The molecular weight excluding hydrogens is 436 g/mol. The van der Waals surface area contributed by atoms with E-state index in [2.05, 4.69) is 15.9 Å². The van der Waals surface area contributed by atoms with Crippen molar-refractivity contribution in [3.8, 4) is 0 Å². The second kappa shape index (κ2) is 9.52. The first-order chi connectivity index (χ1) is 13.5. The summed E-state index contributed by atoms with van der Waals surface area (Å²) in [4.78, 5) is 25.6. The number of benzene rings is 2. The summed E-state index contributed by atoms with van der Waals surface area (Å²) in [7, 11) is 0. The van der Waals surface area contributed by atoms with Crippen molar-refractivity contribution in [3.63, 3.8) is 0 Å². The number of carbonyl (C=O) groups excluding carboxylic acids is 2. The Morgan fingerprint density at radius 2 is 1.55 bits per heavy atom. The first kappa shape index (κ1) is 23.1. The highest BCUT2D eigenvalue weighted by molar-refractivity contribution is 9.10. The van der Waals surface area contributed by atoms with Gasteiger partial charge in [-0.15, -0.1) is 0 Å². The minimum atomic E-state index is -2.05. The molecule has 0 fully saturated rings. The van der Waals surface area contributed by atoms with Crippen LogP contribution in [-0.4, -0.2) is 23.2 Å². The lowest BCUT2D eigenvalue weighted by atomic mass is 9.87. The van der Waals surface area contributed by atoms with Gasteiger partial charge in [0.2, 0.25) is 0 Å². The molecule has 0 aliphatic carbocycles. The quantitative estimate of drug-likeness (QED) is 0.482. The highest BCUT2D eigenvalue weighted by Crippen LogP contribution is 2.24. The standard InChI is InChI=1S/C22H27BrN2O4/c1-21(2,3)29-19(26)18(13-15-9-11-17(23)12-10-15)22(24,25)20(27)28-14-16-7-5-4-6-8-16/h4-12,18H,13-14,24-25H2,1-3H3/t18-/m1/s1. The van der Waals surface area contributed by atoms with Crippen molar-refractivity contribution >= 4 is 27.9 Å². The molecule has 0 amide bonds. The number of nitrogens with two attached hydrogens (primary N) is 2. The van der Waals surface area contributed by atoms with E-state index < -0.39 is 29.1 Å². The van der Waals surface area contributed by atoms with Crippen LogP contribution in [0.3, 0.4) is 0 Å². The molecule has 0 saturated heterocycles. The van der Waals surface area contributed by atoms with Crippen LogP contribution in [0.15, 0.2) is 59.1 Å². The third-order valence-electron chi connectivity index (χ3n) is 4.19. The summed E-state index contributed by atoms with van der Waals surface area (Å²) in [5.74, 6) is -2.64. The first-order valence-electron chi connectivity index (χ1n) is 9.25. The van der Waals surface area contributed by atoms with Gasteiger partial charge in [0.1, 0.15) is 18.1 Å². The molecule has 2 aromatic rings. The second-order valence-corrected chi connectivity index (χ2v) is 8.83. The summed E-state index contributed by atoms with van der Waals surface area (Å²) in [6.45, 7) is 5.23. The maximum Gasteiger partial charge on any atom is 0.342 e. The Morgan fingerprint density at radius 3 is 2.10 bits per heavy atom. The molecule has 156 valence electrons. The number of hydrogen-bond donors (Lipinski definition) is 2. The Bertz CT molecular complexity index is 830. The van der Waals surface area contributed by atoms with Crippen LogP contribution in [0, 0.1) is 5.92 Å². The first-order valence-corrected chi connectivity index (χ1v) is 10.0. The molecule has 7 heteroatoms. The lowest BCUT2D eigenvalue weighted by Crippen LogP contribution is -2.65. The van der Waals surface area contributed by atoms with Gasteiger partial charge in [0, 0.05) is 4.47 Å². The maximum absolute atomic E-state index is 12.9. The van der Waals surface area contributed by atoms with Crippen molar-refractivity contribution in [2.24, 2.45) is 17.4 Å². The molecule has 0 heterocycles. The summed E-state index contributed by atoms with van der Waals surface area (Å²) in [5.41, 5.74) is 11.1. The molecule has 0 unspecified atom stereocenters. The Hall–Kier alpha value is -2.22. The number of carbonyl (C=O) groups is 2. The molecule has 1 atom stereocenters. The van der Waals surface area contributed by atoms with Crippen molar-refractivity contribution < 1.29 is 19.1 Å². The third-order valence-corrected chi connectivity index (χ3v) is 4.72. The summed E-state index contributed by atoms with van der Waals surface area (Å²) in [6.07, 6.45) is 0.135. The lowest BCUT2D eigenvalue weighted by molar-refractivity contribution is -0.170. The molecular formula is C22H27BrN2O4. The third kappa shape index (κ3) is 6.96. The fourth-order valence-corrected chi connectivity index (χ4v) is 2.93. The van der Waals surface area contributed by atoms with E-state index in [9.17, 15) is 9.59 Å². The highest BCUT2D eigenvalue weighted by Gasteiger charge is 2.46. The zero-order valence-electron chi connectivity index (χ0n) is 16.9. The van der Waals surface area contributed by atoms with Crippen LogP contribution in [0.1, 0.15) is 31.9 Å². The van der Waals surface area contributed by atoms with Gasteiger partial charge in [0.25, 0.3) is 0 Å². The minimum absolute atomic E-state index is 0.00907. The number of ether oxygens (including phenoxy) is 2. The van der Waals surface area contributed by atoms with E-state index in [-0.39, 0.29) is 13.0 Å². The van der Waals surface area contributed by atoms with E-state index in [1.165, 1.54) is 0 Å². The highest BCUT2D eigenvalue weighted by atomic mass is 79.9. The summed E-state index contributed by atoms with van der Waals surface area (Å²) < 4.78 is 11.7. The molecule has 0 aromatic heterocycles. The molecule has 0 bridgehead atoms. The van der Waals surface area contributed by atoms with Crippen molar-refractivity contribution in [2.45, 2.75) is 45.1 Å². The van der Waals surface area contributed by atoms with Gasteiger partial charge in [-0.2, -0.15) is 0 Å². The lowest BCUT2D eigenvalue weighted by Gasteiger charge is -2.32. The predicted molar refractivity (Wildman–Crippen MR) is 115 cm³/mol. The van der Waals surface area contributed by atoms with E-state index in [0.29, 0.717) is 0 Å². The molecule has 29 heavy (non-hydrogen) atoms. The van der Waals surface area contributed by atoms with Gasteiger partial charge < -0.3 is 20.9 Å². The smallest absolute Gasteiger partial charge is 0.342 e. The molecule has 0 saturated carbocycles. The Kier molecular flexibility index (Phi) is 7.57. The van der Waals surface area contributed by atoms with Crippen LogP contribution in [0.25, 0.3) is 0 Å². The van der Waals surface area contributed by atoms with E-state index in [1.807, 2.05) is 54.6 Å². The van der Waals surface area contributed by atoms with Crippen molar-refractivity contribution in [2.75, 3.05) is 0 Å². The number of rotatable bonds is 7. The second-order valence-electron chi connectivity index (χ2n) is 7.91. The Morgan fingerprint density at radius 1 is 0.966 bits per heavy atom. The van der Waals surface area contributed by atoms with Gasteiger partial charge in [0.15, 0.2) is 5.66 Å². The Balaban J connectivity index is 2.22. The maximum atomic E-state index is 12.9. The molecule has 2 aromatic carbocycles. The number of halogens is 1. The molecule has 0 aliphatic rings. The molecule has 0 aliphatic heterocycles. The predicted octanol–water partition coefficient (Wildman–Crippen LogP) is 3.31. The van der Waals surface area contributed by atoms with Gasteiger partial charge in [-0.05, 0) is 50.5 Å². The SMILES string of the molecule is CC(C)(C)OC(=O)[C@@H](Cc1ccc(Br)cc1)C(N)(N)C(=O)OCc1ccccc1. The van der Waals surface area contributed by atoms with Crippen LogP contribution < -0.4 is 11.5 Å². The van der Waals surface area contributed by atoms with Crippen molar-refractivity contribution in [1.29, 1.82) is 0 Å². The van der Waals surface area contributed by atoms with Crippen LogP contribution in [0.4, 0.5) is 0 Å². The van der Waals surface area contributed by atoms with Crippen molar-refractivity contribution in [1.82, 2.24) is 0 Å². The van der Waals surface area contributed by atoms with E-state index in [0.717, 1.165) is 15.6 Å². The zero-order valence-corrected chi connectivity index (χ0v) is 18.4. The fraction of sp³-hybridized carbons (Fsp3) is 0.364. The normalized spacial score (nSPS) is 12.9. The molecule has 0 spiro atoms. The van der Waals surface area contributed by atoms with Crippen LogP contribution in [-0.2, 0) is 32.1 Å². The van der Waals surface area contributed by atoms with E-state index in [1.54, 1.807) is 20.8 Å². The number of esters is 2. The summed E-state index contributed by atoms with van der Waals surface area (Å²) in [5, 5.41) is 0. The van der Waals surface area contributed by atoms with E-state index in [4.69, 9.17) is 20.9 Å². The van der Waals surface area contributed by atoms with Gasteiger partial charge >= 0.3 is 11.9 Å². The minimum Gasteiger partial charge on any atom is -0.460 e. The van der Waals surface area contributed by atoms with Crippen LogP contribution in [0.5, 0.6) is 0 Å². The monoisotopic (exact) mass is 462 g/mol. The largest absolute Gasteiger partial charge is 0.460 e. The van der Waals surface area contributed by atoms with Gasteiger partial charge in [-0.3, -0.25) is 4.79 Å². The summed E-state index contributed by atoms with van der Waals surface area (Å²) in [6, 6.07) is 16.5. The average Bonchev–Trinajstić information content (AvgIpc) is 2.64. The Labute approximate surface area is 179 Å². The van der Waals surface area contributed by atoms with Crippen LogP contribution >= 0.6 is 15.9 Å². The molecule has 6 nitrogen and oxygen atoms in total. The molecule has 2 rings (SSSR count). The fourth-order valence-electron chi connectivity index (χ4n) is 2.67.